The summed E-state index contributed by atoms with van der Waals surface area (Å²) in [6.07, 6.45) is 7.66. The van der Waals surface area contributed by atoms with Crippen LogP contribution in [0.25, 0.3) is 0 Å². The Morgan fingerprint density at radius 3 is 2.08 bits per heavy atom. The third kappa shape index (κ3) is 6.33. The van der Waals surface area contributed by atoms with Gasteiger partial charge in [0, 0.05) is 63.1 Å². The van der Waals surface area contributed by atoms with Crippen molar-refractivity contribution in [1.82, 2.24) is 15.1 Å². The van der Waals surface area contributed by atoms with E-state index in [4.69, 9.17) is 0 Å². The first kappa shape index (κ1) is 20.8. The van der Waals surface area contributed by atoms with E-state index >= 15 is 0 Å². The highest BCUT2D eigenvalue weighted by molar-refractivity contribution is 7.99. The molecule has 3 fully saturated rings. The van der Waals surface area contributed by atoms with Crippen molar-refractivity contribution >= 4 is 36.0 Å². The molecule has 2 aliphatic heterocycles. The predicted molar refractivity (Wildman–Crippen MR) is 105 cm³/mol. The highest BCUT2D eigenvalue weighted by Crippen LogP contribution is 2.27. The fourth-order valence-corrected chi connectivity index (χ4v) is 5.01. The minimum absolute atomic E-state index is 0. The molecule has 0 bridgehead atoms. The maximum atomic E-state index is 12.5. The van der Waals surface area contributed by atoms with Gasteiger partial charge in [0.2, 0.25) is 11.8 Å². The van der Waals surface area contributed by atoms with Gasteiger partial charge in [0.15, 0.2) is 0 Å². The van der Waals surface area contributed by atoms with Crippen molar-refractivity contribution in [2.75, 3.05) is 44.2 Å². The van der Waals surface area contributed by atoms with E-state index in [2.05, 4.69) is 5.32 Å². The first-order valence-electron chi connectivity index (χ1n) is 9.59. The zero-order valence-electron chi connectivity index (χ0n) is 15.1. The van der Waals surface area contributed by atoms with Gasteiger partial charge in [0.1, 0.15) is 0 Å². The molecule has 0 aromatic carbocycles. The highest BCUT2D eigenvalue weighted by atomic mass is 35.5. The van der Waals surface area contributed by atoms with E-state index in [-0.39, 0.29) is 18.3 Å². The molecule has 2 saturated heterocycles. The number of rotatable bonds is 4. The maximum absolute atomic E-state index is 12.5. The van der Waals surface area contributed by atoms with Crippen LogP contribution in [0, 0.1) is 5.92 Å². The van der Waals surface area contributed by atoms with Crippen LogP contribution >= 0.6 is 24.2 Å². The molecule has 1 N–H and O–H groups in total. The standard InChI is InChI=1S/C18H31N3O2S.ClH/c22-17(12-15-4-2-1-3-5-15)20-7-9-21(10-8-20)18(23)13-16-14-24-11-6-19-16;/h15-16,19H,1-14H2;1H. The quantitative estimate of drug-likeness (QED) is 0.800. The van der Waals surface area contributed by atoms with E-state index in [0.29, 0.717) is 50.5 Å². The topological polar surface area (TPSA) is 52.7 Å². The fraction of sp³-hybridized carbons (Fsp3) is 0.889. The van der Waals surface area contributed by atoms with Crippen LogP contribution < -0.4 is 5.32 Å². The molecule has 2 amide bonds. The van der Waals surface area contributed by atoms with Crippen LogP contribution in [-0.2, 0) is 9.59 Å². The number of thioether (sulfide) groups is 1. The summed E-state index contributed by atoms with van der Waals surface area (Å²) in [5.74, 6) is 3.33. The summed E-state index contributed by atoms with van der Waals surface area (Å²) in [5, 5.41) is 3.43. The second-order valence-electron chi connectivity index (χ2n) is 7.40. The molecule has 1 unspecified atom stereocenters. The lowest BCUT2D eigenvalue weighted by molar-refractivity contribution is -0.140. The monoisotopic (exact) mass is 389 g/mol. The van der Waals surface area contributed by atoms with E-state index in [1.165, 1.54) is 32.1 Å². The Bertz CT molecular complexity index is 392. The molecule has 1 atom stereocenters. The molecule has 7 heteroatoms. The lowest BCUT2D eigenvalue weighted by Gasteiger charge is -2.36. The minimum Gasteiger partial charge on any atom is -0.339 e. The van der Waals surface area contributed by atoms with Crippen LogP contribution in [0.3, 0.4) is 0 Å². The summed E-state index contributed by atoms with van der Waals surface area (Å²) in [4.78, 5) is 28.8. The van der Waals surface area contributed by atoms with Crippen molar-refractivity contribution in [2.24, 2.45) is 5.92 Å². The molecular formula is C18H32ClN3O2S. The molecule has 0 spiro atoms. The normalized spacial score (nSPS) is 25.4. The number of carbonyl (C=O) groups excluding carboxylic acids is 2. The van der Waals surface area contributed by atoms with Crippen molar-refractivity contribution in [1.29, 1.82) is 0 Å². The molecule has 3 aliphatic rings. The van der Waals surface area contributed by atoms with Gasteiger partial charge < -0.3 is 15.1 Å². The molecule has 25 heavy (non-hydrogen) atoms. The van der Waals surface area contributed by atoms with Crippen LogP contribution in [-0.4, -0.2) is 71.9 Å². The molecule has 0 aromatic heterocycles. The molecule has 5 nitrogen and oxygen atoms in total. The number of amides is 2. The lowest BCUT2D eigenvalue weighted by Crippen LogP contribution is -2.52. The number of nitrogens with one attached hydrogen (secondary N) is 1. The van der Waals surface area contributed by atoms with Crippen LogP contribution in [0.1, 0.15) is 44.9 Å². The van der Waals surface area contributed by atoms with E-state index in [0.717, 1.165) is 24.5 Å². The van der Waals surface area contributed by atoms with Crippen molar-refractivity contribution in [3.05, 3.63) is 0 Å². The fourth-order valence-electron chi connectivity index (χ4n) is 4.06. The van der Waals surface area contributed by atoms with Gasteiger partial charge in [-0.25, -0.2) is 0 Å². The van der Waals surface area contributed by atoms with Gasteiger partial charge in [-0.1, -0.05) is 19.3 Å². The van der Waals surface area contributed by atoms with Crippen LogP contribution in [0.15, 0.2) is 0 Å². The molecule has 2 heterocycles. The van der Waals surface area contributed by atoms with Crippen molar-refractivity contribution < 1.29 is 9.59 Å². The Kier molecular flexibility index (Phi) is 8.87. The van der Waals surface area contributed by atoms with E-state index in [1.807, 2.05) is 21.6 Å². The molecule has 1 saturated carbocycles. The van der Waals surface area contributed by atoms with Gasteiger partial charge in [-0.3, -0.25) is 9.59 Å². The first-order chi connectivity index (χ1) is 11.7. The molecule has 1 aliphatic carbocycles. The zero-order chi connectivity index (χ0) is 16.8. The highest BCUT2D eigenvalue weighted by Gasteiger charge is 2.27. The summed E-state index contributed by atoms with van der Waals surface area (Å²) in [6.45, 7) is 3.84. The number of piperazine rings is 1. The summed E-state index contributed by atoms with van der Waals surface area (Å²) >= 11 is 1.93. The maximum Gasteiger partial charge on any atom is 0.224 e. The lowest BCUT2D eigenvalue weighted by atomic mass is 9.86. The summed E-state index contributed by atoms with van der Waals surface area (Å²) in [7, 11) is 0. The van der Waals surface area contributed by atoms with Gasteiger partial charge >= 0.3 is 0 Å². The van der Waals surface area contributed by atoms with Gasteiger partial charge in [0.05, 0.1) is 0 Å². The van der Waals surface area contributed by atoms with Crippen molar-refractivity contribution in [2.45, 2.75) is 51.0 Å². The van der Waals surface area contributed by atoms with Gasteiger partial charge in [-0.05, 0) is 18.8 Å². The second-order valence-corrected chi connectivity index (χ2v) is 8.55. The number of hydrogen-bond acceptors (Lipinski definition) is 4. The van der Waals surface area contributed by atoms with Gasteiger partial charge in [-0.15, -0.1) is 12.4 Å². The number of carbonyl (C=O) groups is 2. The summed E-state index contributed by atoms with van der Waals surface area (Å²) in [5.41, 5.74) is 0. The van der Waals surface area contributed by atoms with E-state index < -0.39 is 0 Å². The smallest absolute Gasteiger partial charge is 0.224 e. The minimum atomic E-state index is 0. The van der Waals surface area contributed by atoms with Gasteiger partial charge in [-0.2, -0.15) is 11.8 Å². The first-order valence-corrected chi connectivity index (χ1v) is 10.7. The number of nitrogens with zero attached hydrogens (tertiary/aromatic N) is 2. The average Bonchev–Trinajstić information content (AvgIpc) is 2.63. The molecular weight excluding hydrogens is 358 g/mol. The summed E-state index contributed by atoms with van der Waals surface area (Å²) in [6, 6.07) is 0.321. The molecule has 144 valence electrons. The third-order valence-electron chi connectivity index (χ3n) is 5.59. The Labute approximate surface area is 162 Å². The Morgan fingerprint density at radius 2 is 1.52 bits per heavy atom. The predicted octanol–water partition coefficient (Wildman–Crippen LogP) is 2.14. The number of halogens is 1. The Morgan fingerprint density at radius 1 is 0.920 bits per heavy atom. The SMILES string of the molecule is Cl.O=C(CC1CCCCC1)N1CCN(C(=O)CC2CSCCN2)CC1. The third-order valence-corrected chi connectivity index (χ3v) is 6.72. The molecule has 3 rings (SSSR count). The van der Waals surface area contributed by atoms with Gasteiger partial charge in [0.25, 0.3) is 0 Å². The average molecular weight is 390 g/mol. The zero-order valence-corrected chi connectivity index (χ0v) is 16.7. The second kappa shape index (κ2) is 10.6. The molecule has 0 radical (unpaired) electrons. The largest absolute Gasteiger partial charge is 0.339 e. The van der Waals surface area contributed by atoms with Crippen molar-refractivity contribution in [3.8, 4) is 0 Å². The Hall–Kier alpha value is -0.460. The van der Waals surface area contributed by atoms with E-state index in [9.17, 15) is 9.59 Å². The number of hydrogen-bond donors (Lipinski definition) is 1. The van der Waals surface area contributed by atoms with E-state index in [1.54, 1.807) is 0 Å². The Balaban J connectivity index is 0.00000225. The van der Waals surface area contributed by atoms with Crippen LogP contribution in [0.4, 0.5) is 0 Å². The van der Waals surface area contributed by atoms with Crippen molar-refractivity contribution in [3.63, 3.8) is 0 Å². The summed E-state index contributed by atoms with van der Waals surface area (Å²) < 4.78 is 0. The van der Waals surface area contributed by atoms with Crippen LogP contribution in [0.5, 0.6) is 0 Å². The molecule has 0 aromatic rings. The van der Waals surface area contributed by atoms with Crippen LogP contribution in [0.2, 0.25) is 0 Å².